The van der Waals surface area contributed by atoms with E-state index in [1.165, 1.54) is 0 Å². The standard InChI is InChI=1S/C25H28N6O4/c1-17-21(24(34)30-25(28-17)31-11-13-35-14-12-31)5-6-22(32)27-16-18-3-2-4-20(15-18)29-23(33)19-7-9-26-10-8-19/h2-4,7-10,15H,5-6,11-14,16H2,1H3,(H,27,32)(H,29,33)(H,28,30,34). The highest BCUT2D eigenvalue weighted by atomic mass is 16.5. The second kappa shape index (κ2) is 11.4. The normalized spacial score (nSPS) is 13.3. The van der Waals surface area contributed by atoms with E-state index < -0.39 is 0 Å². The van der Waals surface area contributed by atoms with E-state index in [1.54, 1.807) is 37.5 Å². The van der Waals surface area contributed by atoms with Crippen molar-refractivity contribution in [2.24, 2.45) is 0 Å². The van der Waals surface area contributed by atoms with Gasteiger partial charge in [0.05, 0.1) is 13.2 Å². The van der Waals surface area contributed by atoms with Crippen molar-refractivity contribution in [2.75, 3.05) is 36.5 Å². The van der Waals surface area contributed by atoms with Gasteiger partial charge in [-0.1, -0.05) is 12.1 Å². The van der Waals surface area contributed by atoms with E-state index in [9.17, 15) is 14.4 Å². The van der Waals surface area contributed by atoms with E-state index in [4.69, 9.17) is 4.74 Å². The van der Waals surface area contributed by atoms with Crippen molar-refractivity contribution in [3.05, 3.63) is 81.5 Å². The van der Waals surface area contributed by atoms with Gasteiger partial charge < -0.3 is 20.3 Å². The number of anilines is 2. The van der Waals surface area contributed by atoms with Gasteiger partial charge in [-0.2, -0.15) is 0 Å². The topological polar surface area (TPSA) is 129 Å². The molecule has 0 atom stereocenters. The molecule has 2 aromatic heterocycles. The van der Waals surface area contributed by atoms with Crippen LogP contribution in [0.15, 0.2) is 53.6 Å². The summed E-state index contributed by atoms with van der Waals surface area (Å²) in [6.07, 6.45) is 3.59. The van der Waals surface area contributed by atoms with Gasteiger partial charge >= 0.3 is 0 Å². The predicted octanol–water partition coefficient (Wildman–Crippen LogP) is 1.81. The number of carbonyl (C=O) groups excluding carboxylic acids is 2. The van der Waals surface area contributed by atoms with E-state index in [0.717, 1.165) is 5.56 Å². The molecule has 0 unspecified atom stereocenters. The van der Waals surface area contributed by atoms with Gasteiger partial charge in [0, 0.05) is 61.0 Å². The number of nitrogens with zero attached hydrogens (tertiary/aromatic N) is 3. The summed E-state index contributed by atoms with van der Waals surface area (Å²) < 4.78 is 5.34. The van der Waals surface area contributed by atoms with Crippen molar-refractivity contribution in [2.45, 2.75) is 26.3 Å². The molecule has 1 saturated heterocycles. The van der Waals surface area contributed by atoms with Crippen molar-refractivity contribution in [3.63, 3.8) is 0 Å². The third-order valence-corrected chi connectivity index (χ3v) is 5.74. The molecule has 0 aliphatic carbocycles. The molecular weight excluding hydrogens is 448 g/mol. The van der Waals surface area contributed by atoms with E-state index >= 15 is 0 Å². The number of hydrogen-bond donors (Lipinski definition) is 3. The summed E-state index contributed by atoms with van der Waals surface area (Å²) in [5.41, 5.74) is 2.91. The van der Waals surface area contributed by atoms with Crippen LogP contribution in [0.3, 0.4) is 0 Å². The number of hydrogen-bond acceptors (Lipinski definition) is 7. The third-order valence-electron chi connectivity index (χ3n) is 5.74. The Morgan fingerprint density at radius 2 is 1.91 bits per heavy atom. The van der Waals surface area contributed by atoms with Crippen LogP contribution in [0.2, 0.25) is 0 Å². The number of amides is 2. The van der Waals surface area contributed by atoms with Crippen molar-refractivity contribution in [3.8, 4) is 0 Å². The smallest absolute Gasteiger partial charge is 0.255 e. The number of rotatable bonds is 8. The number of H-pyrrole nitrogens is 1. The molecular formula is C25H28N6O4. The lowest BCUT2D eigenvalue weighted by atomic mass is 10.1. The second-order valence-corrected chi connectivity index (χ2v) is 8.22. The summed E-state index contributed by atoms with van der Waals surface area (Å²) in [6, 6.07) is 10.5. The number of carbonyl (C=O) groups is 2. The van der Waals surface area contributed by atoms with Crippen LogP contribution in [-0.2, 0) is 22.5 Å². The predicted molar refractivity (Wildman–Crippen MR) is 131 cm³/mol. The summed E-state index contributed by atoms with van der Waals surface area (Å²) in [7, 11) is 0. The summed E-state index contributed by atoms with van der Waals surface area (Å²) in [5.74, 6) is 0.134. The third kappa shape index (κ3) is 6.51. The monoisotopic (exact) mass is 476 g/mol. The Morgan fingerprint density at radius 3 is 2.66 bits per heavy atom. The summed E-state index contributed by atoms with van der Waals surface area (Å²) >= 11 is 0. The minimum Gasteiger partial charge on any atom is -0.378 e. The molecule has 1 aromatic carbocycles. The molecule has 0 radical (unpaired) electrons. The molecule has 0 bridgehead atoms. The second-order valence-electron chi connectivity index (χ2n) is 8.22. The highest BCUT2D eigenvalue weighted by molar-refractivity contribution is 6.04. The van der Waals surface area contributed by atoms with Gasteiger partial charge in [-0.15, -0.1) is 0 Å². The Kier molecular flexibility index (Phi) is 7.84. The number of nitrogens with one attached hydrogen (secondary N) is 3. The first-order valence-electron chi connectivity index (χ1n) is 11.5. The zero-order chi connectivity index (χ0) is 24.6. The van der Waals surface area contributed by atoms with Crippen LogP contribution in [-0.4, -0.2) is 53.1 Å². The highest BCUT2D eigenvalue weighted by Crippen LogP contribution is 2.13. The number of aryl methyl sites for hydroxylation is 1. The number of pyridine rings is 1. The number of benzene rings is 1. The maximum Gasteiger partial charge on any atom is 0.255 e. The molecule has 182 valence electrons. The minimum atomic E-state index is -0.234. The van der Waals surface area contributed by atoms with Gasteiger partial charge in [-0.25, -0.2) is 4.98 Å². The molecule has 1 aliphatic rings. The van der Waals surface area contributed by atoms with E-state index in [1.807, 2.05) is 23.1 Å². The Bertz CT molecular complexity index is 1240. The largest absolute Gasteiger partial charge is 0.378 e. The van der Waals surface area contributed by atoms with Gasteiger partial charge in [0.15, 0.2) is 0 Å². The van der Waals surface area contributed by atoms with Crippen LogP contribution in [0, 0.1) is 6.92 Å². The van der Waals surface area contributed by atoms with Crippen molar-refractivity contribution in [1.82, 2.24) is 20.3 Å². The van der Waals surface area contributed by atoms with E-state index in [-0.39, 0.29) is 23.8 Å². The molecule has 10 heteroatoms. The van der Waals surface area contributed by atoms with Gasteiger partial charge in [0.25, 0.3) is 11.5 Å². The molecule has 2 amide bonds. The number of morpholine rings is 1. The van der Waals surface area contributed by atoms with Crippen LogP contribution in [0.1, 0.15) is 33.6 Å². The van der Waals surface area contributed by atoms with Crippen molar-refractivity contribution in [1.29, 1.82) is 0 Å². The van der Waals surface area contributed by atoms with Gasteiger partial charge in [-0.3, -0.25) is 24.4 Å². The zero-order valence-electron chi connectivity index (χ0n) is 19.5. The van der Waals surface area contributed by atoms with E-state index in [0.29, 0.717) is 67.7 Å². The molecule has 35 heavy (non-hydrogen) atoms. The highest BCUT2D eigenvalue weighted by Gasteiger charge is 2.17. The first kappa shape index (κ1) is 24.1. The number of aromatic nitrogens is 3. The first-order valence-corrected chi connectivity index (χ1v) is 11.5. The molecule has 1 fully saturated rings. The molecule has 4 rings (SSSR count). The first-order chi connectivity index (χ1) is 17.0. The number of aromatic amines is 1. The minimum absolute atomic E-state index is 0.168. The maximum absolute atomic E-state index is 12.6. The number of ether oxygens (including phenoxy) is 1. The lowest BCUT2D eigenvalue weighted by Gasteiger charge is -2.27. The lowest BCUT2D eigenvalue weighted by Crippen LogP contribution is -2.38. The van der Waals surface area contributed by atoms with Gasteiger partial charge in [0.2, 0.25) is 11.9 Å². The Hall–Kier alpha value is -4.05. The van der Waals surface area contributed by atoms with Crippen LogP contribution < -0.4 is 21.1 Å². The summed E-state index contributed by atoms with van der Waals surface area (Å²) in [4.78, 5) is 50.6. The molecule has 0 saturated carbocycles. The molecule has 3 heterocycles. The van der Waals surface area contributed by atoms with Crippen molar-refractivity contribution >= 4 is 23.5 Å². The average molecular weight is 477 g/mol. The van der Waals surface area contributed by atoms with Crippen molar-refractivity contribution < 1.29 is 14.3 Å². The molecule has 0 spiro atoms. The zero-order valence-corrected chi connectivity index (χ0v) is 19.5. The Labute approximate surface area is 202 Å². The fourth-order valence-corrected chi connectivity index (χ4v) is 3.81. The SMILES string of the molecule is Cc1nc(N2CCOCC2)[nH]c(=O)c1CCC(=O)NCc1cccc(NC(=O)c2ccncc2)c1. The Morgan fingerprint density at radius 1 is 1.14 bits per heavy atom. The lowest BCUT2D eigenvalue weighted by molar-refractivity contribution is -0.121. The summed E-state index contributed by atoms with van der Waals surface area (Å²) in [5, 5.41) is 5.71. The molecule has 1 aliphatic heterocycles. The molecule has 10 nitrogen and oxygen atoms in total. The fourth-order valence-electron chi connectivity index (χ4n) is 3.81. The van der Waals surface area contributed by atoms with Crippen LogP contribution in [0.25, 0.3) is 0 Å². The van der Waals surface area contributed by atoms with Gasteiger partial charge in [-0.05, 0) is 43.2 Å². The van der Waals surface area contributed by atoms with Crippen LogP contribution >= 0.6 is 0 Å². The fraction of sp³-hybridized carbons (Fsp3) is 0.320. The maximum atomic E-state index is 12.6. The molecule has 3 aromatic rings. The van der Waals surface area contributed by atoms with Crippen LogP contribution in [0.5, 0.6) is 0 Å². The average Bonchev–Trinajstić information content (AvgIpc) is 2.88. The van der Waals surface area contributed by atoms with Gasteiger partial charge in [0.1, 0.15) is 0 Å². The summed E-state index contributed by atoms with van der Waals surface area (Å²) in [6.45, 7) is 4.66. The van der Waals surface area contributed by atoms with E-state index in [2.05, 4.69) is 25.6 Å². The quantitative estimate of drug-likeness (QED) is 0.452. The Balaban J connectivity index is 1.29. The molecule has 3 N–H and O–H groups in total. The van der Waals surface area contributed by atoms with Crippen LogP contribution in [0.4, 0.5) is 11.6 Å².